The number of amides is 1. The molecule has 2 rings (SSSR count). The highest BCUT2D eigenvalue weighted by molar-refractivity contribution is 6.01. The highest BCUT2D eigenvalue weighted by Gasteiger charge is 2.24. The number of carbonyl (C=O) groups is 2. The fourth-order valence-electron chi connectivity index (χ4n) is 3.43. The number of rotatable bonds is 9. The Morgan fingerprint density at radius 3 is 2.60 bits per heavy atom. The largest absolute Gasteiger partial charge is 0.490 e. The second-order valence-corrected chi connectivity index (χ2v) is 7.24. The Morgan fingerprint density at radius 1 is 1.17 bits per heavy atom. The SMILES string of the molecule is CCOC(=O)COc1ccc(/C=C(\C#N)C(=O)N[C@H]2CCCC[C@@H]2C)cc1OCC. The number of ether oxygens (including phenoxy) is 3. The number of nitrogens with one attached hydrogen (secondary N) is 1. The average Bonchev–Trinajstić information content (AvgIpc) is 2.73. The van der Waals surface area contributed by atoms with E-state index in [2.05, 4.69) is 12.2 Å². The molecular formula is C23H30N2O5. The summed E-state index contributed by atoms with van der Waals surface area (Å²) in [6, 6.07) is 7.12. The topological polar surface area (TPSA) is 97.7 Å². The predicted octanol–water partition coefficient (Wildman–Crippen LogP) is 3.63. The van der Waals surface area contributed by atoms with Crippen molar-refractivity contribution >= 4 is 18.0 Å². The Hall–Kier alpha value is -3.01. The molecule has 1 amide bonds. The van der Waals surface area contributed by atoms with Crippen molar-refractivity contribution in [1.82, 2.24) is 5.32 Å². The first kappa shape index (κ1) is 23.3. The second-order valence-electron chi connectivity index (χ2n) is 7.24. The summed E-state index contributed by atoms with van der Waals surface area (Å²) < 4.78 is 15.9. The second kappa shape index (κ2) is 11.9. The van der Waals surface area contributed by atoms with E-state index in [0.717, 1.165) is 19.3 Å². The Kier molecular flexibility index (Phi) is 9.20. The first-order valence-electron chi connectivity index (χ1n) is 10.5. The van der Waals surface area contributed by atoms with Gasteiger partial charge in [0.15, 0.2) is 18.1 Å². The van der Waals surface area contributed by atoms with Gasteiger partial charge in [0.25, 0.3) is 5.91 Å². The minimum absolute atomic E-state index is 0.0374. The standard InChI is InChI=1S/C23H30N2O5/c1-4-28-21-13-17(10-11-20(21)30-15-22(26)29-5-2)12-18(14-24)23(27)25-19-9-7-6-8-16(19)3/h10-13,16,19H,4-9,15H2,1-3H3,(H,25,27)/b18-12+/t16-,19-/m0/s1. The minimum Gasteiger partial charge on any atom is -0.490 e. The van der Waals surface area contributed by atoms with Gasteiger partial charge in [0, 0.05) is 6.04 Å². The molecule has 30 heavy (non-hydrogen) atoms. The number of nitriles is 1. The van der Waals surface area contributed by atoms with E-state index in [-0.39, 0.29) is 30.7 Å². The van der Waals surface area contributed by atoms with Gasteiger partial charge in [-0.2, -0.15) is 5.26 Å². The molecule has 0 saturated heterocycles. The van der Waals surface area contributed by atoms with Crippen molar-refractivity contribution in [2.24, 2.45) is 5.92 Å². The molecule has 1 aliphatic carbocycles. The lowest BCUT2D eigenvalue weighted by Crippen LogP contribution is -2.41. The van der Waals surface area contributed by atoms with Crippen LogP contribution < -0.4 is 14.8 Å². The molecule has 1 N–H and O–H groups in total. The van der Waals surface area contributed by atoms with Crippen molar-refractivity contribution < 1.29 is 23.8 Å². The molecule has 0 spiro atoms. The number of hydrogen-bond donors (Lipinski definition) is 1. The van der Waals surface area contributed by atoms with Crippen molar-refractivity contribution in [3.8, 4) is 17.6 Å². The van der Waals surface area contributed by atoms with E-state index in [1.54, 1.807) is 25.1 Å². The van der Waals surface area contributed by atoms with Crippen molar-refractivity contribution in [2.75, 3.05) is 19.8 Å². The predicted molar refractivity (Wildman–Crippen MR) is 113 cm³/mol. The van der Waals surface area contributed by atoms with E-state index in [1.165, 1.54) is 12.5 Å². The van der Waals surface area contributed by atoms with E-state index in [0.29, 0.717) is 29.6 Å². The Morgan fingerprint density at radius 2 is 1.93 bits per heavy atom. The van der Waals surface area contributed by atoms with Gasteiger partial charge in [-0.3, -0.25) is 4.79 Å². The van der Waals surface area contributed by atoms with Gasteiger partial charge >= 0.3 is 5.97 Å². The van der Waals surface area contributed by atoms with Crippen molar-refractivity contribution in [2.45, 2.75) is 52.5 Å². The highest BCUT2D eigenvalue weighted by Crippen LogP contribution is 2.30. The maximum Gasteiger partial charge on any atom is 0.344 e. The fourth-order valence-corrected chi connectivity index (χ4v) is 3.43. The molecule has 1 aromatic carbocycles. The summed E-state index contributed by atoms with van der Waals surface area (Å²) in [5, 5.41) is 12.5. The molecule has 2 atom stereocenters. The maximum atomic E-state index is 12.6. The number of esters is 1. The zero-order valence-corrected chi connectivity index (χ0v) is 17.9. The third kappa shape index (κ3) is 6.80. The summed E-state index contributed by atoms with van der Waals surface area (Å²) in [5.41, 5.74) is 0.667. The van der Waals surface area contributed by atoms with Crippen LogP contribution in [-0.2, 0) is 14.3 Å². The molecule has 7 nitrogen and oxygen atoms in total. The van der Waals surface area contributed by atoms with Crippen LogP contribution in [0.15, 0.2) is 23.8 Å². The van der Waals surface area contributed by atoms with Gasteiger partial charge in [-0.05, 0) is 56.4 Å². The number of benzene rings is 1. The van der Waals surface area contributed by atoms with Crippen LogP contribution in [0, 0.1) is 17.2 Å². The summed E-state index contributed by atoms with van der Waals surface area (Å²) in [5.74, 6) is 0.388. The van der Waals surface area contributed by atoms with Crippen molar-refractivity contribution in [3.05, 3.63) is 29.3 Å². The van der Waals surface area contributed by atoms with Gasteiger partial charge in [0.05, 0.1) is 13.2 Å². The van der Waals surface area contributed by atoms with E-state index < -0.39 is 5.97 Å². The third-order valence-electron chi connectivity index (χ3n) is 5.02. The van der Waals surface area contributed by atoms with Crippen LogP contribution in [0.3, 0.4) is 0 Å². The third-order valence-corrected chi connectivity index (χ3v) is 5.02. The number of hydrogen-bond acceptors (Lipinski definition) is 6. The van der Waals surface area contributed by atoms with Gasteiger partial charge in [-0.15, -0.1) is 0 Å². The lowest BCUT2D eigenvalue weighted by atomic mass is 9.86. The number of carbonyl (C=O) groups excluding carboxylic acids is 2. The van der Waals surface area contributed by atoms with Crippen molar-refractivity contribution in [3.63, 3.8) is 0 Å². The summed E-state index contributed by atoms with van der Waals surface area (Å²) in [6.45, 7) is 6.13. The summed E-state index contributed by atoms with van der Waals surface area (Å²) in [7, 11) is 0. The van der Waals surface area contributed by atoms with Crippen LogP contribution in [0.1, 0.15) is 52.0 Å². The molecule has 0 heterocycles. The van der Waals surface area contributed by atoms with E-state index in [9.17, 15) is 14.9 Å². The molecule has 162 valence electrons. The average molecular weight is 415 g/mol. The van der Waals surface area contributed by atoms with E-state index >= 15 is 0 Å². The molecule has 1 aliphatic rings. The molecule has 1 saturated carbocycles. The lowest BCUT2D eigenvalue weighted by Gasteiger charge is -2.29. The van der Waals surface area contributed by atoms with Gasteiger partial charge in [-0.1, -0.05) is 25.8 Å². The van der Waals surface area contributed by atoms with Crippen LogP contribution in [-0.4, -0.2) is 37.7 Å². The summed E-state index contributed by atoms with van der Waals surface area (Å²) in [4.78, 5) is 24.1. The first-order chi connectivity index (χ1) is 14.5. The van der Waals surface area contributed by atoms with Gasteiger partial charge < -0.3 is 19.5 Å². The molecule has 0 aromatic heterocycles. The van der Waals surface area contributed by atoms with Crippen LogP contribution in [0.25, 0.3) is 6.08 Å². The fraction of sp³-hybridized carbons (Fsp3) is 0.522. The quantitative estimate of drug-likeness (QED) is 0.376. The molecule has 0 radical (unpaired) electrons. The van der Waals surface area contributed by atoms with Crippen LogP contribution in [0.2, 0.25) is 0 Å². The minimum atomic E-state index is -0.468. The molecule has 1 aromatic rings. The molecular weight excluding hydrogens is 384 g/mol. The Bertz CT molecular complexity index is 812. The normalized spacial score (nSPS) is 18.8. The van der Waals surface area contributed by atoms with Crippen molar-refractivity contribution in [1.29, 1.82) is 5.26 Å². The summed E-state index contributed by atoms with van der Waals surface area (Å²) >= 11 is 0. The number of nitrogens with zero attached hydrogens (tertiary/aromatic N) is 1. The lowest BCUT2D eigenvalue weighted by molar-refractivity contribution is -0.145. The van der Waals surface area contributed by atoms with Gasteiger partial charge in [0.1, 0.15) is 11.6 Å². The zero-order chi connectivity index (χ0) is 21.9. The van der Waals surface area contributed by atoms with Crippen LogP contribution in [0.5, 0.6) is 11.5 Å². The summed E-state index contributed by atoms with van der Waals surface area (Å²) in [6.07, 6.45) is 5.82. The molecule has 7 heteroatoms. The van der Waals surface area contributed by atoms with E-state index in [1.807, 2.05) is 13.0 Å². The van der Waals surface area contributed by atoms with Crippen LogP contribution in [0.4, 0.5) is 0 Å². The van der Waals surface area contributed by atoms with E-state index in [4.69, 9.17) is 14.2 Å². The smallest absolute Gasteiger partial charge is 0.344 e. The maximum absolute atomic E-state index is 12.6. The Labute approximate surface area is 178 Å². The Balaban J connectivity index is 2.14. The molecule has 0 unspecified atom stereocenters. The van der Waals surface area contributed by atoms with Crippen LogP contribution >= 0.6 is 0 Å². The molecule has 1 fully saturated rings. The van der Waals surface area contributed by atoms with Gasteiger partial charge in [0.2, 0.25) is 0 Å². The molecule has 0 aliphatic heterocycles. The monoisotopic (exact) mass is 414 g/mol. The highest BCUT2D eigenvalue weighted by atomic mass is 16.6. The zero-order valence-electron chi connectivity index (χ0n) is 17.9. The molecule has 0 bridgehead atoms. The first-order valence-corrected chi connectivity index (χ1v) is 10.5. The van der Waals surface area contributed by atoms with Gasteiger partial charge in [-0.25, -0.2) is 4.79 Å².